The van der Waals surface area contributed by atoms with Crippen molar-refractivity contribution in [3.05, 3.63) is 256 Å². The second-order valence-electron chi connectivity index (χ2n) is 30.2. The van der Waals surface area contributed by atoms with Crippen molar-refractivity contribution in [2.24, 2.45) is 0 Å². The summed E-state index contributed by atoms with van der Waals surface area (Å²) in [6.45, 7) is 6.32. The number of piperidine rings is 2. The Bertz CT molecular complexity index is 6690. The Labute approximate surface area is 698 Å². The summed E-state index contributed by atoms with van der Waals surface area (Å²) in [7, 11) is 3.96. The Kier molecular flexibility index (Phi) is 22.3. The third-order valence-electron chi connectivity index (χ3n) is 22.3. The van der Waals surface area contributed by atoms with Gasteiger partial charge in [0.05, 0.1) is 79.3 Å². The third-order valence-corrected chi connectivity index (χ3v) is 23.7. The molecular weight excluding hydrogens is 1650 g/mol. The van der Waals surface area contributed by atoms with Gasteiger partial charge in [-0.15, -0.1) is 0 Å². The lowest BCUT2D eigenvalue weighted by Gasteiger charge is -2.33. The summed E-state index contributed by atoms with van der Waals surface area (Å²) in [5, 5.41) is 44.7. The van der Waals surface area contributed by atoms with Gasteiger partial charge >= 0.3 is 24.1 Å². The molecule has 6 aromatic carbocycles. The molecule has 2 N–H and O–H groups in total. The van der Waals surface area contributed by atoms with Crippen molar-refractivity contribution in [2.75, 3.05) is 92.6 Å². The molecule has 0 saturated carbocycles. The van der Waals surface area contributed by atoms with Crippen LogP contribution in [0.15, 0.2) is 187 Å². The van der Waals surface area contributed by atoms with Gasteiger partial charge in [0.15, 0.2) is 46.5 Å². The number of aliphatic hydroxyl groups is 2. The molecule has 0 unspecified atom stereocenters. The highest BCUT2D eigenvalue weighted by Gasteiger charge is 2.34. The monoisotopic (exact) mass is 1720 g/mol. The maximum atomic E-state index is 14.2. The third kappa shape index (κ3) is 15.6. The van der Waals surface area contributed by atoms with Crippen LogP contribution in [0.3, 0.4) is 0 Å². The number of nitrogens with zero attached hydrogens (tertiary/aromatic N) is 18. The molecule has 14 heterocycles. The van der Waals surface area contributed by atoms with Crippen LogP contribution in [-0.4, -0.2) is 226 Å². The second kappa shape index (κ2) is 33.5. The minimum absolute atomic E-state index is 0.111. The van der Waals surface area contributed by atoms with Gasteiger partial charge < -0.3 is 39.6 Å². The van der Waals surface area contributed by atoms with E-state index in [1.165, 1.54) is 89.7 Å². The maximum absolute atomic E-state index is 14.2. The van der Waals surface area contributed by atoms with Gasteiger partial charge in [0, 0.05) is 153 Å². The number of amides is 4. The molecule has 0 radical (unpaired) electrons. The molecule has 20 rings (SSSR count). The minimum Gasteiger partial charge on any atom is -0.393 e. The molecule has 630 valence electrons. The number of likely N-dealkylation sites (N-methyl/N-ethyl adjacent to an activating group) is 2. The zero-order valence-electron chi connectivity index (χ0n) is 65.4. The molecule has 8 aromatic rings. The number of hydrogen-bond donors (Lipinski definition) is 2. The lowest BCUT2D eigenvalue weighted by Crippen LogP contribution is -2.48. The first-order valence-electron chi connectivity index (χ1n) is 39.0. The molecule has 38 heteroatoms. The summed E-state index contributed by atoms with van der Waals surface area (Å²) in [4.78, 5) is 116. The molecule has 123 heavy (non-hydrogen) atoms. The van der Waals surface area contributed by atoms with Gasteiger partial charge in [-0.2, -0.15) is 61.8 Å². The Morgan fingerprint density at radius 2 is 0.593 bits per heavy atom. The van der Waals surface area contributed by atoms with Crippen molar-refractivity contribution in [3.63, 3.8) is 0 Å². The van der Waals surface area contributed by atoms with Crippen LogP contribution in [0.4, 0.5) is 54.3 Å². The molecule has 0 aliphatic carbocycles. The number of hydrogen-bond acceptors (Lipinski definition) is 18. The van der Waals surface area contributed by atoms with Crippen molar-refractivity contribution < 1.29 is 64.5 Å². The molecule has 12 aliphatic heterocycles. The van der Waals surface area contributed by atoms with Crippen LogP contribution in [0.1, 0.15) is 32.1 Å². The van der Waals surface area contributed by atoms with E-state index in [0.29, 0.717) is 120 Å². The van der Waals surface area contributed by atoms with E-state index in [-0.39, 0.29) is 101 Å². The van der Waals surface area contributed by atoms with E-state index in [4.69, 9.17) is 0 Å². The number of likely N-dealkylation sites (tertiary alicyclic amines) is 2. The number of halogens is 8. The van der Waals surface area contributed by atoms with Crippen molar-refractivity contribution in [2.45, 2.75) is 44.3 Å². The Morgan fingerprint density at radius 3 is 0.878 bits per heavy atom. The number of benzene rings is 6. The molecule has 0 atom stereocenters. The summed E-state index contributed by atoms with van der Waals surface area (Å²) in [5.41, 5.74) is 2.36. The zero-order valence-corrected chi connectivity index (χ0v) is 67.0. The van der Waals surface area contributed by atoms with Crippen molar-refractivity contribution in [3.8, 4) is 67.8 Å². The van der Waals surface area contributed by atoms with E-state index in [9.17, 15) is 83.7 Å². The number of thiophene rings is 2. The first-order valence-corrected chi connectivity index (χ1v) is 40.9. The number of rotatable bonds is 4. The average Bonchev–Trinajstić information content (AvgIpc) is 1.64. The van der Waals surface area contributed by atoms with Gasteiger partial charge in [-0.05, 0) is 124 Å². The fourth-order valence-corrected chi connectivity index (χ4v) is 16.8. The fraction of sp³-hybridized carbons (Fsp3) is 0.247. The number of aliphatic hydroxyl groups excluding tert-OH is 2. The summed E-state index contributed by atoms with van der Waals surface area (Å²) in [6, 6.07) is 27.0. The fourth-order valence-electron chi connectivity index (χ4n) is 15.6. The highest BCUT2D eigenvalue weighted by atomic mass is 32.1. The highest BCUT2D eigenvalue weighted by molar-refractivity contribution is 7.08. The molecule has 0 spiro atoms. The lowest BCUT2D eigenvalue weighted by atomic mass is 10.1. The largest absolute Gasteiger partial charge is 0.393 e. The van der Waals surface area contributed by atoms with Gasteiger partial charge in [0.25, 0.3) is 22.2 Å². The molecule has 2 aromatic heterocycles. The van der Waals surface area contributed by atoms with E-state index < -0.39 is 93.0 Å². The number of carbonyl (C=O) groups excluding carboxylic acids is 4. The lowest BCUT2D eigenvalue weighted by molar-refractivity contribution is 0.0936. The van der Waals surface area contributed by atoms with Crippen molar-refractivity contribution in [1.82, 2.24) is 86.8 Å². The second-order valence-corrected chi connectivity index (χ2v) is 31.7. The molecule has 4 saturated heterocycles. The maximum Gasteiger partial charge on any atom is 0.328 e. The van der Waals surface area contributed by atoms with Crippen LogP contribution in [0.25, 0.3) is 111 Å². The van der Waals surface area contributed by atoms with Crippen LogP contribution in [-0.2, 0) is 0 Å². The summed E-state index contributed by atoms with van der Waals surface area (Å²) >= 11 is 2.80. The molecule has 4 amide bonds. The van der Waals surface area contributed by atoms with Crippen LogP contribution in [0, 0.1) is 46.5 Å². The van der Waals surface area contributed by atoms with Crippen LogP contribution in [0.5, 0.6) is 0 Å². The van der Waals surface area contributed by atoms with Crippen molar-refractivity contribution in [1.29, 1.82) is 0 Å². The minimum atomic E-state index is -1.10. The van der Waals surface area contributed by atoms with Crippen molar-refractivity contribution >= 4 is 90.4 Å². The first-order chi connectivity index (χ1) is 59.2. The van der Waals surface area contributed by atoms with Gasteiger partial charge in [0.2, 0.25) is 0 Å². The molecule has 28 nitrogen and oxygen atoms in total. The van der Waals surface area contributed by atoms with Gasteiger partial charge in [-0.1, -0.05) is 36.4 Å². The molecule has 12 aliphatic rings. The van der Waals surface area contributed by atoms with Gasteiger partial charge in [-0.25, -0.2) is 54.3 Å². The Hall–Kier alpha value is -13.4. The van der Waals surface area contributed by atoms with E-state index in [1.807, 2.05) is 25.5 Å². The molecule has 4 fully saturated rings. The number of pyridine rings is 4. The van der Waals surface area contributed by atoms with E-state index in [2.05, 4.69) is 30.2 Å². The quantitative estimate of drug-likeness (QED) is 0.155. The molecular formula is C85H72F8N18O10S2. The molecule has 0 bridgehead atoms. The SMILES string of the molecule is CN1CCCN(C(=O)n2cc3c(=O)n(-c4ccccc4)nc-3c3cc(F)c(F)cc32)CC1.CN1CCN(C(=O)n2cc3c(=O)n(-c4ccsc4)nc-3c3cc(F)c(F)cc32)CC1.O=C(N1CCC(O)CC1)n1cc2c(=O)n(-c3ccccc3)nc-2c2cc(F)c(F)cc21.O=C(N1CCC(O)CC1)n1cc2c(=O)n(-c3ccsc3)nc-2c2cc(F)c(F)cc21. The number of piperazine rings is 1. The number of para-hydroxylation sites is 2. The highest BCUT2D eigenvalue weighted by Crippen LogP contribution is 2.37. The van der Waals surface area contributed by atoms with E-state index in [0.717, 1.165) is 66.1 Å². The normalized spacial score (nSPS) is 15.3. The number of fused-ring (bicyclic) bond motifs is 12. The van der Waals surface area contributed by atoms with Gasteiger partial charge in [0.1, 0.15) is 22.8 Å². The Morgan fingerprint density at radius 1 is 0.333 bits per heavy atom. The van der Waals surface area contributed by atoms with Crippen LogP contribution in [0.2, 0.25) is 0 Å². The standard InChI is InChI=1S/C23H21F2N5O2.C22H18F2N4O3.C20H17F2N5O2S.C20H16F2N4O3S/c1-27-8-5-9-28(11-10-27)23(32)29-14-17-21(16-12-18(24)19(25)13-20(16)29)26-30(22(17)31)15-6-3-2-4-7-15;23-17-10-15-19(11-18(17)24)27(22(31)26-8-6-14(29)7-9-26)12-16-20(15)25-28(21(16)30)13-4-2-1-3-5-13;1-24-3-5-25(6-4-24)20(29)26-10-14-18(13-8-15(21)16(22)9-17(13)26)23-27(19(14)28)12-2-7-30-11-12;21-15-7-13-17(8-16(15)22)25(20(29)24-4-1-12(27)2-5-24)9-14-18(13)23-26(19(14)28)11-3-6-30-10-11/h2-4,6-7,12-14H,5,8-11H2,1H3;1-5,10-12,14,29H,6-9H2;2,7-11H,3-6H2,1H3;3,6-10,12,27H,1-2,4-5H2. The van der Waals surface area contributed by atoms with E-state index >= 15 is 0 Å². The summed E-state index contributed by atoms with van der Waals surface area (Å²) in [5.74, 6) is -8.66. The zero-order chi connectivity index (χ0) is 86.1. The van der Waals surface area contributed by atoms with Gasteiger partial charge in [-0.3, -0.25) is 37.4 Å². The summed E-state index contributed by atoms with van der Waals surface area (Å²) < 4.78 is 123. The predicted octanol–water partition coefficient (Wildman–Crippen LogP) is 12.1. The van der Waals surface area contributed by atoms with Crippen LogP contribution < -0.4 is 22.2 Å². The number of carbonyl (C=O) groups is 4. The Balaban J connectivity index is 0.000000116. The van der Waals surface area contributed by atoms with Crippen LogP contribution >= 0.6 is 22.7 Å². The summed E-state index contributed by atoms with van der Waals surface area (Å²) in [6.07, 6.45) is 7.00. The first kappa shape index (κ1) is 81.9. The predicted molar refractivity (Wildman–Crippen MR) is 443 cm³/mol. The topological polar surface area (TPSA) is 287 Å². The van der Waals surface area contributed by atoms with E-state index in [1.54, 1.807) is 92.7 Å². The average molecular weight is 1720 g/mol. The smallest absolute Gasteiger partial charge is 0.328 e. The number of aromatic nitrogens is 12.